The highest BCUT2D eigenvalue weighted by molar-refractivity contribution is 5.44. The third-order valence-electron chi connectivity index (χ3n) is 1.91. The Hall–Kier alpha value is -1.02. The van der Waals surface area contributed by atoms with Crippen molar-refractivity contribution in [3.63, 3.8) is 0 Å². The van der Waals surface area contributed by atoms with E-state index in [0.717, 1.165) is 12.1 Å². The Kier molecular flexibility index (Phi) is 3.11. The topological polar surface area (TPSA) is 35.2 Å². The first kappa shape index (κ1) is 9.07. The van der Waals surface area contributed by atoms with Gasteiger partial charge in [-0.25, -0.2) is 0 Å². The Morgan fingerprint density at radius 1 is 1.33 bits per heavy atom. The van der Waals surface area contributed by atoms with E-state index in [1.807, 2.05) is 18.2 Å². The number of anilines is 1. The lowest BCUT2D eigenvalue weighted by Crippen LogP contribution is -1.96. The number of hydrogen-bond acceptors (Lipinski definition) is 2. The van der Waals surface area contributed by atoms with Crippen LogP contribution in [0.15, 0.2) is 18.2 Å². The van der Waals surface area contributed by atoms with Crippen molar-refractivity contribution < 1.29 is 4.74 Å². The molecule has 0 atom stereocenters. The van der Waals surface area contributed by atoms with Crippen molar-refractivity contribution >= 4 is 5.69 Å². The minimum atomic E-state index is 0.670. The lowest BCUT2D eigenvalue weighted by atomic mass is 10.1. The third kappa shape index (κ3) is 1.98. The fourth-order valence-corrected chi connectivity index (χ4v) is 1.27. The molecular weight excluding hydrogens is 150 g/mol. The summed E-state index contributed by atoms with van der Waals surface area (Å²) in [5, 5.41) is 0. The van der Waals surface area contributed by atoms with Crippen LogP contribution >= 0.6 is 0 Å². The predicted molar refractivity (Wildman–Crippen MR) is 50.9 cm³/mol. The van der Waals surface area contributed by atoms with Gasteiger partial charge < -0.3 is 10.5 Å². The van der Waals surface area contributed by atoms with Gasteiger partial charge in [0, 0.05) is 12.8 Å². The maximum atomic E-state index is 5.66. The standard InChI is InChI=1S/C10H15NO/c1-3-8-6-10(11)5-4-9(8)7-12-2/h4-6H,3,7,11H2,1-2H3. The van der Waals surface area contributed by atoms with E-state index in [9.17, 15) is 0 Å². The molecule has 0 aliphatic heterocycles. The van der Waals surface area contributed by atoms with Crippen molar-refractivity contribution in [3.05, 3.63) is 29.3 Å². The third-order valence-corrected chi connectivity index (χ3v) is 1.91. The fraction of sp³-hybridized carbons (Fsp3) is 0.400. The monoisotopic (exact) mass is 165 g/mol. The van der Waals surface area contributed by atoms with Crippen molar-refractivity contribution in [3.8, 4) is 0 Å². The highest BCUT2D eigenvalue weighted by Crippen LogP contribution is 2.14. The van der Waals surface area contributed by atoms with Crippen molar-refractivity contribution in [2.75, 3.05) is 12.8 Å². The number of nitrogens with two attached hydrogens (primary N) is 1. The van der Waals surface area contributed by atoms with E-state index in [4.69, 9.17) is 10.5 Å². The quantitative estimate of drug-likeness (QED) is 0.695. The van der Waals surface area contributed by atoms with E-state index in [-0.39, 0.29) is 0 Å². The van der Waals surface area contributed by atoms with Crippen molar-refractivity contribution in [1.82, 2.24) is 0 Å². The van der Waals surface area contributed by atoms with Crippen LogP contribution < -0.4 is 5.73 Å². The minimum absolute atomic E-state index is 0.670. The molecule has 0 amide bonds. The molecule has 1 aromatic carbocycles. The van der Waals surface area contributed by atoms with Gasteiger partial charge in [0.2, 0.25) is 0 Å². The van der Waals surface area contributed by atoms with E-state index in [1.54, 1.807) is 7.11 Å². The number of aryl methyl sites for hydroxylation is 1. The summed E-state index contributed by atoms with van der Waals surface area (Å²) in [5.74, 6) is 0. The lowest BCUT2D eigenvalue weighted by Gasteiger charge is -2.07. The first-order valence-corrected chi connectivity index (χ1v) is 4.14. The Labute approximate surface area is 73.3 Å². The van der Waals surface area contributed by atoms with Crippen LogP contribution in [0, 0.1) is 0 Å². The molecule has 1 rings (SSSR count). The Morgan fingerprint density at radius 3 is 2.67 bits per heavy atom. The molecule has 66 valence electrons. The fourth-order valence-electron chi connectivity index (χ4n) is 1.27. The SMILES string of the molecule is CCc1cc(N)ccc1COC. The Balaban J connectivity index is 2.94. The summed E-state index contributed by atoms with van der Waals surface area (Å²) in [4.78, 5) is 0. The van der Waals surface area contributed by atoms with Crippen LogP contribution in [0.5, 0.6) is 0 Å². The molecule has 1 aromatic rings. The smallest absolute Gasteiger partial charge is 0.0715 e. The van der Waals surface area contributed by atoms with E-state index < -0.39 is 0 Å². The molecular formula is C10H15NO. The van der Waals surface area contributed by atoms with Gasteiger partial charge in [-0.3, -0.25) is 0 Å². The van der Waals surface area contributed by atoms with Crippen LogP contribution in [0.1, 0.15) is 18.1 Å². The molecule has 0 unspecified atom stereocenters. The van der Waals surface area contributed by atoms with Crippen LogP contribution in [-0.2, 0) is 17.8 Å². The van der Waals surface area contributed by atoms with Gasteiger partial charge in [0.1, 0.15) is 0 Å². The summed E-state index contributed by atoms with van der Waals surface area (Å²) in [6.07, 6.45) is 1.00. The van der Waals surface area contributed by atoms with Gasteiger partial charge in [-0.2, -0.15) is 0 Å². The second kappa shape index (κ2) is 4.12. The molecule has 0 saturated heterocycles. The predicted octanol–water partition coefficient (Wildman–Crippen LogP) is 1.98. The van der Waals surface area contributed by atoms with E-state index in [0.29, 0.717) is 6.61 Å². The second-order valence-electron chi connectivity index (χ2n) is 2.81. The minimum Gasteiger partial charge on any atom is -0.399 e. The number of rotatable bonds is 3. The summed E-state index contributed by atoms with van der Waals surface area (Å²) in [6.45, 7) is 2.79. The van der Waals surface area contributed by atoms with Crippen LogP contribution in [0.4, 0.5) is 5.69 Å². The molecule has 0 heterocycles. The molecule has 0 aliphatic carbocycles. The average Bonchev–Trinajstić information content (AvgIpc) is 2.08. The molecule has 12 heavy (non-hydrogen) atoms. The van der Waals surface area contributed by atoms with Crippen LogP contribution in [0.25, 0.3) is 0 Å². The molecule has 2 N–H and O–H groups in total. The van der Waals surface area contributed by atoms with Gasteiger partial charge >= 0.3 is 0 Å². The summed E-state index contributed by atoms with van der Waals surface area (Å²) in [7, 11) is 1.70. The van der Waals surface area contributed by atoms with Crippen molar-refractivity contribution in [1.29, 1.82) is 0 Å². The number of methoxy groups -OCH3 is 1. The van der Waals surface area contributed by atoms with Crippen LogP contribution in [0.3, 0.4) is 0 Å². The molecule has 0 bridgehead atoms. The van der Waals surface area contributed by atoms with E-state index >= 15 is 0 Å². The van der Waals surface area contributed by atoms with Crippen molar-refractivity contribution in [2.45, 2.75) is 20.0 Å². The van der Waals surface area contributed by atoms with Crippen LogP contribution in [0.2, 0.25) is 0 Å². The molecule has 0 aromatic heterocycles. The van der Waals surface area contributed by atoms with Gasteiger partial charge in [0.15, 0.2) is 0 Å². The Morgan fingerprint density at radius 2 is 2.08 bits per heavy atom. The molecule has 0 spiro atoms. The van der Waals surface area contributed by atoms with Gasteiger partial charge in [0.25, 0.3) is 0 Å². The summed E-state index contributed by atoms with van der Waals surface area (Å²) in [5.41, 5.74) is 8.99. The molecule has 0 saturated carbocycles. The highest BCUT2D eigenvalue weighted by atomic mass is 16.5. The maximum Gasteiger partial charge on any atom is 0.0715 e. The molecule has 0 radical (unpaired) electrons. The maximum absolute atomic E-state index is 5.66. The van der Waals surface area contributed by atoms with Gasteiger partial charge in [-0.05, 0) is 29.7 Å². The van der Waals surface area contributed by atoms with Gasteiger partial charge in [-0.15, -0.1) is 0 Å². The zero-order chi connectivity index (χ0) is 8.97. The van der Waals surface area contributed by atoms with Crippen molar-refractivity contribution in [2.24, 2.45) is 0 Å². The molecule has 0 fully saturated rings. The second-order valence-corrected chi connectivity index (χ2v) is 2.81. The normalized spacial score (nSPS) is 10.2. The number of benzene rings is 1. The average molecular weight is 165 g/mol. The molecule has 2 heteroatoms. The number of hydrogen-bond donors (Lipinski definition) is 1. The van der Waals surface area contributed by atoms with E-state index in [2.05, 4.69) is 6.92 Å². The summed E-state index contributed by atoms with van der Waals surface area (Å²) >= 11 is 0. The van der Waals surface area contributed by atoms with Gasteiger partial charge in [-0.1, -0.05) is 13.0 Å². The largest absolute Gasteiger partial charge is 0.399 e. The first-order chi connectivity index (χ1) is 5.77. The summed E-state index contributed by atoms with van der Waals surface area (Å²) in [6, 6.07) is 5.94. The van der Waals surface area contributed by atoms with E-state index in [1.165, 1.54) is 11.1 Å². The number of ether oxygens (including phenoxy) is 1. The number of nitrogen functional groups attached to an aromatic ring is 1. The summed E-state index contributed by atoms with van der Waals surface area (Å²) < 4.78 is 5.07. The lowest BCUT2D eigenvalue weighted by molar-refractivity contribution is 0.184. The molecule has 0 aliphatic rings. The van der Waals surface area contributed by atoms with Crippen LogP contribution in [-0.4, -0.2) is 7.11 Å². The molecule has 2 nitrogen and oxygen atoms in total. The van der Waals surface area contributed by atoms with Gasteiger partial charge in [0.05, 0.1) is 6.61 Å². The Bertz CT molecular complexity index is 258. The highest BCUT2D eigenvalue weighted by Gasteiger charge is 1.99. The zero-order valence-corrected chi connectivity index (χ0v) is 7.63. The zero-order valence-electron chi connectivity index (χ0n) is 7.63. The first-order valence-electron chi connectivity index (χ1n) is 4.14.